The Balaban J connectivity index is 1.84. The highest BCUT2D eigenvalue weighted by Gasteiger charge is 2.26. The highest BCUT2D eigenvalue weighted by atomic mass is 19.1. The number of anilines is 1. The molecule has 3 heterocycles. The predicted molar refractivity (Wildman–Crippen MR) is 134 cm³/mol. The molecule has 0 radical (unpaired) electrons. The number of aryl methyl sites for hydroxylation is 1. The van der Waals surface area contributed by atoms with Crippen LogP contribution in [0.25, 0.3) is 27.7 Å². The van der Waals surface area contributed by atoms with Gasteiger partial charge in [0.15, 0.2) is 0 Å². The summed E-state index contributed by atoms with van der Waals surface area (Å²) in [6, 6.07) is 13.8. The zero-order valence-electron chi connectivity index (χ0n) is 19.8. The summed E-state index contributed by atoms with van der Waals surface area (Å²) in [7, 11) is 3.53. The largest absolute Gasteiger partial charge is 0.375 e. The van der Waals surface area contributed by atoms with E-state index in [2.05, 4.69) is 16.4 Å². The van der Waals surface area contributed by atoms with Crippen LogP contribution in [0.2, 0.25) is 0 Å². The fourth-order valence-corrected chi connectivity index (χ4v) is 4.60. The van der Waals surface area contributed by atoms with Crippen molar-refractivity contribution in [2.75, 3.05) is 25.5 Å². The first-order chi connectivity index (χ1) is 16.9. The van der Waals surface area contributed by atoms with Crippen LogP contribution in [0.1, 0.15) is 36.0 Å². The second-order valence-corrected chi connectivity index (χ2v) is 9.01. The Labute approximate surface area is 202 Å². The molecule has 0 bridgehead atoms. The van der Waals surface area contributed by atoms with E-state index in [1.54, 1.807) is 49.5 Å². The number of hydrogen-bond acceptors (Lipinski definition) is 6. The molecule has 0 spiro atoms. The van der Waals surface area contributed by atoms with E-state index in [0.717, 1.165) is 30.6 Å². The van der Waals surface area contributed by atoms with Gasteiger partial charge in [-0.2, -0.15) is 5.26 Å². The lowest BCUT2D eigenvalue weighted by Gasteiger charge is -2.20. The summed E-state index contributed by atoms with van der Waals surface area (Å²) >= 11 is 0. The maximum absolute atomic E-state index is 14.9. The van der Waals surface area contributed by atoms with Gasteiger partial charge in [-0.1, -0.05) is 6.07 Å². The smallest absolute Gasteiger partial charge is 0.266 e. The number of fused-ring (bicyclic) bond motifs is 1. The summed E-state index contributed by atoms with van der Waals surface area (Å²) < 4.78 is 16.4. The molecule has 1 N–H and O–H groups in total. The fraction of sp³-hybridized carbons (Fsp3) is 0.259. The molecule has 7 nitrogen and oxygen atoms in total. The van der Waals surface area contributed by atoms with E-state index >= 15 is 0 Å². The minimum absolute atomic E-state index is 0.150. The molecule has 4 aromatic rings. The molecule has 176 valence electrons. The van der Waals surface area contributed by atoms with Gasteiger partial charge in [0.05, 0.1) is 40.0 Å². The van der Waals surface area contributed by atoms with Gasteiger partial charge in [0.2, 0.25) is 0 Å². The minimum atomic E-state index is -0.429. The number of rotatable bonds is 4. The Morgan fingerprint density at radius 1 is 1.20 bits per heavy atom. The number of nitrogens with one attached hydrogen (secondary N) is 1. The van der Waals surface area contributed by atoms with Gasteiger partial charge in [-0.3, -0.25) is 14.3 Å². The maximum atomic E-state index is 14.9. The summed E-state index contributed by atoms with van der Waals surface area (Å²) in [4.78, 5) is 25.0. The number of nitriles is 1. The maximum Gasteiger partial charge on any atom is 0.266 e. The third kappa shape index (κ3) is 4.04. The van der Waals surface area contributed by atoms with Crippen molar-refractivity contribution in [3.05, 3.63) is 81.9 Å². The summed E-state index contributed by atoms with van der Waals surface area (Å²) in [6.45, 7) is 2.71. The average molecular weight is 469 g/mol. The molecule has 5 rings (SSSR count). The molecule has 0 aliphatic carbocycles. The fourth-order valence-electron chi connectivity index (χ4n) is 4.60. The SMILES string of the molecule is Cc1ccc(-c2cc(C#N)cc3c(=O)n(-c4ccc(N(C)C)c(F)c4)c(C4CCCN4)nc23)cn1. The first-order valence-electron chi connectivity index (χ1n) is 11.5. The van der Waals surface area contributed by atoms with Gasteiger partial charge < -0.3 is 10.2 Å². The van der Waals surface area contributed by atoms with Crippen LogP contribution in [-0.2, 0) is 0 Å². The molecule has 0 amide bonds. The van der Waals surface area contributed by atoms with Gasteiger partial charge in [0, 0.05) is 43.2 Å². The number of halogens is 1. The second kappa shape index (κ2) is 8.93. The molecule has 1 atom stereocenters. The quantitative estimate of drug-likeness (QED) is 0.482. The Morgan fingerprint density at radius 2 is 2.03 bits per heavy atom. The van der Waals surface area contributed by atoms with E-state index < -0.39 is 5.82 Å². The molecule has 1 fully saturated rings. The van der Waals surface area contributed by atoms with Crippen molar-refractivity contribution < 1.29 is 4.39 Å². The van der Waals surface area contributed by atoms with Gasteiger partial charge in [0.25, 0.3) is 5.56 Å². The minimum Gasteiger partial charge on any atom is -0.375 e. The number of pyridine rings is 1. The summed E-state index contributed by atoms with van der Waals surface area (Å²) in [5.74, 6) is 0.102. The van der Waals surface area contributed by atoms with Gasteiger partial charge in [-0.25, -0.2) is 9.37 Å². The van der Waals surface area contributed by atoms with Gasteiger partial charge in [-0.15, -0.1) is 0 Å². The number of aromatic nitrogens is 3. The molecule has 1 saturated heterocycles. The lowest BCUT2D eigenvalue weighted by molar-refractivity contribution is 0.581. The average Bonchev–Trinajstić information content (AvgIpc) is 3.38. The van der Waals surface area contributed by atoms with Crippen LogP contribution in [0.5, 0.6) is 0 Å². The van der Waals surface area contributed by atoms with Crippen molar-refractivity contribution in [2.45, 2.75) is 25.8 Å². The van der Waals surface area contributed by atoms with Gasteiger partial charge >= 0.3 is 0 Å². The molecule has 2 aromatic carbocycles. The Hall–Kier alpha value is -4.09. The zero-order valence-corrected chi connectivity index (χ0v) is 19.8. The summed E-state index contributed by atoms with van der Waals surface area (Å²) in [5.41, 5.74) is 3.65. The molecule has 1 unspecified atom stereocenters. The molecular weight excluding hydrogens is 443 g/mol. The molecule has 0 saturated carbocycles. The molecule has 1 aliphatic heterocycles. The molecule has 35 heavy (non-hydrogen) atoms. The second-order valence-electron chi connectivity index (χ2n) is 9.01. The van der Waals surface area contributed by atoms with Crippen LogP contribution in [0.4, 0.5) is 10.1 Å². The normalized spacial score (nSPS) is 15.3. The number of hydrogen-bond donors (Lipinski definition) is 1. The summed E-state index contributed by atoms with van der Waals surface area (Å²) in [5, 5.41) is 13.4. The Kier molecular flexibility index (Phi) is 5.79. The van der Waals surface area contributed by atoms with Crippen molar-refractivity contribution in [3.63, 3.8) is 0 Å². The molecule has 2 aromatic heterocycles. The van der Waals surface area contributed by atoms with Crippen LogP contribution in [0.3, 0.4) is 0 Å². The van der Waals surface area contributed by atoms with Crippen molar-refractivity contribution in [2.24, 2.45) is 0 Å². The van der Waals surface area contributed by atoms with Crippen molar-refractivity contribution in [3.8, 4) is 22.9 Å². The highest BCUT2D eigenvalue weighted by Crippen LogP contribution is 2.31. The number of nitrogens with zero attached hydrogens (tertiary/aromatic N) is 5. The summed E-state index contributed by atoms with van der Waals surface area (Å²) in [6.07, 6.45) is 3.49. The van der Waals surface area contributed by atoms with E-state index in [9.17, 15) is 14.4 Å². The Morgan fingerprint density at radius 3 is 2.66 bits per heavy atom. The van der Waals surface area contributed by atoms with Crippen molar-refractivity contribution in [1.29, 1.82) is 5.26 Å². The lowest BCUT2D eigenvalue weighted by Crippen LogP contribution is -2.29. The first kappa shape index (κ1) is 22.7. The molecule has 1 aliphatic rings. The first-order valence-corrected chi connectivity index (χ1v) is 11.5. The van der Waals surface area contributed by atoms with Crippen molar-refractivity contribution >= 4 is 16.6 Å². The van der Waals surface area contributed by atoms with E-state index in [0.29, 0.717) is 39.2 Å². The Bertz CT molecular complexity index is 1530. The van der Waals surface area contributed by atoms with Crippen LogP contribution < -0.4 is 15.8 Å². The van der Waals surface area contributed by atoms with Crippen LogP contribution in [0.15, 0.2) is 53.5 Å². The van der Waals surface area contributed by atoms with Crippen LogP contribution >= 0.6 is 0 Å². The predicted octanol–water partition coefficient (Wildman–Crippen LogP) is 4.26. The van der Waals surface area contributed by atoms with Crippen LogP contribution in [-0.4, -0.2) is 35.2 Å². The monoisotopic (exact) mass is 468 g/mol. The van der Waals surface area contributed by atoms with E-state index in [1.165, 1.54) is 10.6 Å². The highest BCUT2D eigenvalue weighted by molar-refractivity contribution is 5.94. The zero-order chi connectivity index (χ0) is 24.7. The molecule has 8 heteroatoms. The third-order valence-electron chi connectivity index (χ3n) is 6.39. The third-order valence-corrected chi connectivity index (χ3v) is 6.39. The van der Waals surface area contributed by atoms with E-state index in [4.69, 9.17) is 4.98 Å². The number of benzene rings is 2. The standard InChI is InChI=1S/C27H25FN6O/c1-16-6-7-18(15-31-16)20-11-17(14-29)12-21-25(20)32-26(23-5-4-10-30-23)34(27(21)35)19-8-9-24(33(2)3)22(28)13-19/h6-9,11-13,15,23,30H,4-5,10H2,1-3H3. The van der Waals surface area contributed by atoms with E-state index in [-0.39, 0.29) is 11.6 Å². The van der Waals surface area contributed by atoms with Gasteiger partial charge in [-0.05, 0) is 56.6 Å². The van der Waals surface area contributed by atoms with Crippen molar-refractivity contribution in [1.82, 2.24) is 19.9 Å². The van der Waals surface area contributed by atoms with Crippen LogP contribution in [0, 0.1) is 24.1 Å². The lowest BCUT2D eigenvalue weighted by atomic mass is 10.00. The topological polar surface area (TPSA) is 86.8 Å². The molecular formula is C27H25FN6O. The van der Waals surface area contributed by atoms with E-state index in [1.807, 2.05) is 19.1 Å². The van der Waals surface area contributed by atoms with Gasteiger partial charge in [0.1, 0.15) is 11.6 Å².